The maximum absolute atomic E-state index is 9.99. The number of benzene rings is 2. The summed E-state index contributed by atoms with van der Waals surface area (Å²) >= 11 is 0. The third-order valence-corrected chi connectivity index (χ3v) is 2.82. The van der Waals surface area contributed by atoms with Gasteiger partial charge in [-0.05, 0) is 11.1 Å². The van der Waals surface area contributed by atoms with Gasteiger partial charge in [-0.1, -0.05) is 60.7 Å². The number of carbonyl (C=O) groups is 2. The van der Waals surface area contributed by atoms with Gasteiger partial charge in [-0.25, -0.2) is 0 Å². The maximum atomic E-state index is 9.99. The van der Waals surface area contributed by atoms with Gasteiger partial charge in [0.15, 0.2) is 0 Å². The van der Waals surface area contributed by atoms with Gasteiger partial charge in [0, 0.05) is 20.3 Å². The number of rotatable bonds is 4. The molecule has 0 amide bonds. The summed E-state index contributed by atoms with van der Waals surface area (Å²) in [4.78, 5) is 18.0. The molecule has 2 atom stereocenters. The van der Waals surface area contributed by atoms with Crippen molar-refractivity contribution in [2.75, 3.05) is 0 Å². The lowest BCUT2D eigenvalue weighted by Gasteiger charge is -2.16. The molecule has 0 spiro atoms. The van der Waals surface area contributed by atoms with Crippen LogP contribution in [0.25, 0.3) is 0 Å². The molecule has 0 radical (unpaired) electrons. The van der Waals surface area contributed by atoms with E-state index in [1.165, 1.54) is 0 Å². The lowest BCUT2D eigenvalue weighted by atomic mass is 9.99. The van der Waals surface area contributed by atoms with Crippen molar-refractivity contribution in [2.45, 2.75) is 32.5 Å². The van der Waals surface area contributed by atoms with Crippen LogP contribution < -0.4 is 0 Å². The molecule has 4 N–H and O–H groups in total. The van der Waals surface area contributed by atoms with Crippen LogP contribution in [0.1, 0.15) is 43.6 Å². The quantitative estimate of drug-likeness (QED) is 0.675. The minimum absolute atomic E-state index is 0.314. The Balaban J connectivity index is 0.000000609. The molecule has 0 saturated heterocycles. The molecule has 0 aliphatic carbocycles. The van der Waals surface area contributed by atoms with Crippen molar-refractivity contribution in [3.63, 3.8) is 0 Å². The number of aliphatic carboxylic acids is 2. The average molecular weight is 348 g/mol. The van der Waals surface area contributed by atoms with E-state index in [1.807, 2.05) is 60.7 Å². The van der Waals surface area contributed by atoms with E-state index >= 15 is 0 Å². The molecule has 136 valence electrons. The average Bonchev–Trinajstić information content (AvgIpc) is 2.55. The number of carboxylic acids is 2. The molecule has 0 aliphatic heterocycles. The Morgan fingerprint density at radius 2 is 0.960 bits per heavy atom. The van der Waals surface area contributed by atoms with Crippen molar-refractivity contribution in [2.24, 2.45) is 0 Å². The first-order chi connectivity index (χ1) is 11.7. The van der Waals surface area contributed by atoms with Crippen LogP contribution in [-0.2, 0) is 9.59 Å². The van der Waals surface area contributed by atoms with Gasteiger partial charge in [0.25, 0.3) is 11.9 Å². The van der Waals surface area contributed by atoms with E-state index in [-0.39, 0.29) is 0 Å². The van der Waals surface area contributed by atoms with Crippen LogP contribution in [-0.4, -0.2) is 32.4 Å². The summed E-state index contributed by atoms with van der Waals surface area (Å²) in [5.41, 5.74) is 1.67. The van der Waals surface area contributed by atoms with E-state index in [0.717, 1.165) is 25.0 Å². The SMILES string of the molecule is CC(=O)O.CC(=O)O.OC(CC(O)c1ccccc1)c1ccccc1. The lowest BCUT2D eigenvalue weighted by molar-refractivity contribution is -0.135. The van der Waals surface area contributed by atoms with Gasteiger partial charge >= 0.3 is 0 Å². The second kappa shape index (κ2) is 12.7. The third-order valence-electron chi connectivity index (χ3n) is 2.82. The number of aliphatic hydroxyl groups excluding tert-OH is 2. The van der Waals surface area contributed by atoms with Crippen molar-refractivity contribution in [1.82, 2.24) is 0 Å². The molecule has 0 saturated carbocycles. The highest BCUT2D eigenvalue weighted by molar-refractivity contribution is 5.63. The summed E-state index contributed by atoms with van der Waals surface area (Å²) in [6.07, 6.45) is -0.952. The zero-order valence-electron chi connectivity index (χ0n) is 14.2. The van der Waals surface area contributed by atoms with E-state index in [4.69, 9.17) is 19.8 Å². The molecule has 0 aliphatic rings. The number of hydrogen-bond acceptors (Lipinski definition) is 4. The largest absolute Gasteiger partial charge is 0.481 e. The Bertz CT molecular complexity index is 549. The van der Waals surface area contributed by atoms with Gasteiger partial charge in [0.2, 0.25) is 0 Å². The van der Waals surface area contributed by atoms with Crippen molar-refractivity contribution in [3.8, 4) is 0 Å². The zero-order valence-corrected chi connectivity index (χ0v) is 14.2. The van der Waals surface area contributed by atoms with Crippen LogP contribution in [0.5, 0.6) is 0 Å². The minimum atomic E-state index is -0.833. The minimum Gasteiger partial charge on any atom is -0.481 e. The molecule has 2 rings (SSSR count). The molecular weight excluding hydrogens is 324 g/mol. The number of hydrogen-bond donors (Lipinski definition) is 4. The van der Waals surface area contributed by atoms with E-state index in [2.05, 4.69) is 0 Å². The fourth-order valence-corrected chi connectivity index (χ4v) is 1.83. The van der Waals surface area contributed by atoms with Gasteiger partial charge in [0.05, 0.1) is 12.2 Å². The van der Waals surface area contributed by atoms with Gasteiger partial charge in [-0.3, -0.25) is 9.59 Å². The first-order valence-corrected chi connectivity index (χ1v) is 7.59. The fourth-order valence-electron chi connectivity index (χ4n) is 1.83. The summed E-state index contributed by atoms with van der Waals surface area (Å²) < 4.78 is 0. The molecular formula is C19H24O6. The molecule has 2 unspecified atom stereocenters. The topological polar surface area (TPSA) is 115 Å². The Hall–Kier alpha value is -2.70. The smallest absolute Gasteiger partial charge is 0.300 e. The normalized spacial score (nSPS) is 11.7. The fraction of sp³-hybridized carbons (Fsp3) is 0.263. The summed E-state index contributed by atoms with van der Waals surface area (Å²) in [5.74, 6) is -1.67. The van der Waals surface area contributed by atoms with Crippen LogP contribution in [0.15, 0.2) is 60.7 Å². The predicted molar refractivity (Wildman–Crippen MR) is 94.0 cm³/mol. The van der Waals surface area contributed by atoms with Crippen LogP contribution in [0.2, 0.25) is 0 Å². The number of carboxylic acid groups (broad SMARTS) is 2. The lowest BCUT2D eigenvalue weighted by Crippen LogP contribution is -2.05. The maximum Gasteiger partial charge on any atom is 0.300 e. The summed E-state index contributed by atoms with van der Waals surface area (Å²) in [5, 5.41) is 34.8. The molecule has 6 nitrogen and oxygen atoms in total. The first-order valence-electron chi connectivity index (χ1n) is 7.59. The molecule has 2 aromatic rings. The molecule has 0 aromatic heterocycles. The van der Waals surface area contributed by atoms with Crippen LogP contribution >= 0.6 is 0 Å². The van der Waals surface area contributed by atoms with Gasteiger partial charge in [-0.2, -0.15) is 0 Å². The molecule has 0 bridgehead atoms. The summed E-state index contributed by atoms with van der Waals surface area (Å²) in [6, 6.07) is 18.8. The predicted octanol–water partition coefficient (Wildman–Crippen LogP) is 3.03. The van der Waals surface area contributed by atoms with E-state index < -0.39 is 24.1 Å². The van der Waals surface area contributed by atoms with Crippen molar-refractivity contribution in [3.05, 3.63) is 71.8 Å². The third kappa shape index (κ3) is 12.4. The van der Waals surface area contributed by atoms with Crippen LogP contribution in [0, 0.1) is 0 Å². The van der Waals surface area contributed by atoms with E-state index in [0.29, 0.717) is 6.42 Å². The summed E-state index contributed by atoms with van der Waals surface area (Å²) in [6.45, 7) is 2.17. The van der Waals surface area contributed by atoms with Gasteiger partial charge in [0.1, 0.15) is 0 Å². The van der Waals surface area contributed by atoms with E-state index in [9.17, 15) is 10.2 Å². The Morgan fingerprint density at radius 1 is 0.720 bits per heavy atom. The molecule has 0 heterocycles. The van der Waals surface area contributed by atoms with Gasteiger partial charge < -0.3 is 20.4 Å². The van der Waals surface area contributed by atoms with Crippen LogP contribution in [0.4, 0.5) is 0 Å². The first kappa shape index (κ1) is 22.3. The van der Waals surface area contributed by atoms with Crippen molar-refractivity contribution >= 4 is 11.9 Å². The van der Waals surface area contributed by atoms with E-state index in [1.54, 1.807) is 0 Å². The highest BCUT2D eigenvalue weighted by Crippen LogP contribution is 2.25. The molecule has 25 heavy (non-hydrogen) atoms. The molecule has 2 aromatic carbocycles. The molecule has 6 heteroatoms. The second-order valence-electron chi connectivity index (χ2n) is 5.13. The highest BCUT2D eigenvalue weighted by atomic mass is 16.4. The standard InChI is InChI=1S/C15H16O2.2C2H4O2/c16-14(12-7-3-1-4-8-12)11-15(17)13-9-5-2-6-10-13;2*1-2(3)4/h1-10,14-17H,11H2;2*1H3,(H,3,4). The molecule has 0 fully saturated rings. The van der Waals surface area contributed by atoms with Crippen molar-refractivity contribution < 1.29 is 30.0 Å². The Labute approximate surface area is 147 Å². The monoisotopic (exact) mass is 348 g/mol. The highest BCUT2D eigenvalue weighted by Gasteiger charge is 2.14. The second-order valence-corrected chi connectivity index (χ2v) is 5.13. The Morgan fingerprint density at radius 3 is 1.20 bits per heavy atom. The van der Waals surface area contributed by atoms with Crippen molar-refractivity contribution in [1.29, 1.82) is 0 Å². The summed E-state index contributed by atoms with van der Waals surface area (Å²) in [7, 11) is 0. The Kier molecular flexibility index (Phi) is 11.3. The van der Waals surface area contributed by atoms with Gasteiger partial charge in [-0.15, -0.1) is 0 Å². The van der Waals surface area contributed by atoms with Crippen LogP contribution in [0.3, 0.4) is 0 Å². The number of aliphatic hydroxyl groups is 2. The zero-order chi connectivity index (χ0) is 19.2.